The van der Waals surface area contributed by atoms with E-state index in [1.54, 1.807) is 24.3 Å². The zero-order valence-electron chi connectivity index (χ0n) is 12.3. The molecule has 0 bridgehead atoms. The van der Waals surface area contributed by atoms with Gasteiger partial charge in [0.2, 0.25) is 5.91 Å². The van der Waals surface area contributed by atoms with Gasteiger partial charge in [-0.25, -0.2) is 9.18 Å². The highest BCUT2D eigenvalue weighted by Gasteiger charge is 2.29. The SMILES string of the molecule is O=C(COc1cccc(NC(=O)C2CC2)c1)NC(CF)C(=O)O. The quantitative estimate of drug-likeness (QED) is 0.660. The first-order valence-electron chi connectivity index (χ1n) is 7.11. The minimum absolute atomic E-state index is 0.0489. The summed E-state index contributed by atoms with van der Waals surface area (Å²) in [6.07, 6.45) is 1.78. The lowest BCUT2D eigenvalue weighted by Crippen LogP contribution is -2.44. The van der Waals surface area contributed by atoms with Crippen molar-refractivity contribution >= 4 is 23.5 Å². The van der Waals surface area contributed by atoms with Gasteiger partial charge in [-0.05, 0) is 25.0 Å². The van der Waals surface area contributed by atoms with Crippen molar-refractivity contribution in [3.05, 3.63) is 24.3 Å². The molecule has 1 unspecified atom stereocenters. The first-order valence-corrected chi connectivity index (χ1v) is 7.11. The highest BCUT2D eigenvalue weighted by atomic mass is 19.1. The molecule has 23 heavy (non-hydrogen) atoms. The van der Waals surface area contributed by atoms with E-state index in [9.17, 15) is 18.8 Å². The van der Waals surface area contributed by atoms with Crippen LogP contribution in [0.4, 0.5) is 10.1 Å². The van der Waals surface area contributed by atoms with Crippen LogP contribution < -0.4 is 15.4 Å². The van der Waals surface area contributed by atoms with Crippen molar-refractivity contribution in [2.24, 2.45) is 5.92 Å². The average Bonchev–Trinajstić information content (AvgIpc) is 3.35. The van der Waals surface area contributed by atoms with E-state index in [4.69, 9.17) is 9.84 Å². The van der Waals surface area contributed by atoms with Crippen LogP contribution >= 0.6 is 0 Å². The molecular formula is C15H17FN2O5. The number of benzene rings is 1. The predicted octanol–water partition coefficient (Wildman–Crippen LogP) is 0.953. The van der Waals surface area contributed by atoms with Crippen molar-refractivity contribution in [3.63, 3.8) is 0 Å². The molecule has 0 saturated heterocycles. The van der Waals surface area contributed by atoms with Gasteiger partial charge in [0, 0.05) is 17.7 Å². The van der Waals surface area contributed by atoms with E-state index in [1.165, 1.54) is 0 Å². The normalized spacial score (nSPS) is 14.7. The number of amides is 2. The second-order valence-corrected chi connectivity index (χ2v) is 5.19. The molecule has 0 heterocycles. The highest BCUT2D eigenvalue weighted by molar-refractivity contribution is 5.94. The molecule has 2 rings (SSSR count). The van der Waals surface area contributed by atoms with Crippen LogP contribution in [0.25, 0.3) is 0 Å². The number of carbonyl (C=O) groups excluding carboxylic acids is 2. The average molecular weight is 324 g/mol. The molecule has 8 heteroatoms. The Hall–Kier alpha value is -2.64. The molecule has 1 aromatic rings. The molecule has 3 N–H and O–H groups in total. The molecule has 7 nitrogen and oxygen atoms in total. The number of halogens is 1. The van der Waals surface area contributed by atoms with E-state index in [2.05, 4.69) is 5.32 Å². The summed E-state index contributed by atoms with van der Waals surface area (Å²) in [6, 6.07) is 4.89. The highest BCUT2D eigenvalue weighted by Crippen LogP contribution is 2.30. The Bertz CT molecular complexity index is 603. The lowest BCUT2D eigenvalue weighted by Gasteiger charge is -2.12. The fourth-order valence-electron chi connectivity index (χ4n) is 1.80. The van der Waals surface area contributed by atoms with Crippen molar-refractivity contribution in [1.82, 2.24) is 5.32 Å². The van der Waals surface area contributed by atoms with E-state index in [0.29, 0.717) is 11.4 Å². The van der Waals surface area contributed by atoms with E-state index in [1.807, 2.05) is 5.32 Å². The zero-order chi connectivity index (χ0) is 16.8. The Labute approximate surface area is 131 Å². The molecular weight excluding hydrogens is 307 g/mol. The molecule has 1 aliphatic carbocycles. The zero-order valence-corrected chi connectivity index (χ0v) is 12.3. The Morgan fingerprint density at radius 2 is 2.09 bits per heavy atom. The predicted molar refractivity (Wildman–Crippen MR) is 78.8 cm³/mol. The van der Waals surface area contributed by atoms with Gasteiger partial charge in [-0.15, -0.1) is 0 Å². The van der Waals surface area contributed by atoms with E-state index < -0.39 is 31.2 Å². The van der Waals surface area contributed by atoms with E-state index in [0.717, 1.165) is 12.8 Å². The number of carbonyl (C=O) groups is 3. The summed E-state index contributed by atoms with van der Waals surface area (Å²) in [4.78, 5) is 33.8. The summed E-state index contributed by atoms with van der Waals surface area (Å²) < 4.78 is 17.6. The summed E-state index contributed by atoms with van der Waals surface area (Å²) >= 11 is 0. The number of carboxylic acid groups (broad SMARTS) is 1. The third kappa shape index (κ3) is 5.24. The van der Waals surface area contributed by atoms with Crippen LogP contribution in [0, 0.1) is 5.92 Å². The molecule has 1 saturated carbocycles. The third-order valence-corrected chi connectivity index (χ3v) is 3.21. The van der Waals surface area contributed by atoms with Crippen molar-refractivity contribution in [3.8, 4) is 5.75 Å². The van der Waals surface area contributed by atoms with Gasteiger partial charge < -0.3 is 20.5 Å². The Morgan fingerprint density at radius 1 is 1.35 bits per heavy atom. The number of ether oxygens (including phenoxy) is 1. The van der Waals surface area contributed by atoms with Crippen molar-refractivity contribution in [1.29, 1.82) is 0 Å². The largest absolute Gasteiger partial charge is 0.484 e. The van der Waals surface area contributed by atoms with Gasteiger partial charge in [0.1, 0.15) is 12.4 Å². The number of hydrogen-bond donors (Lipinski definition) is 3. The summed E-state index contributed by atoms with van der Waals surface area (Å²) in [5.74, 6) is -1.85. The topological polar surface area (TPSA) is 105 Å². The monoisotopic (exact) mass is 324 g/mol. The maximum Gasteiger partial charge on any atom is 0.328 e. The van der Waals surface area contributed by atoms with Gasteiger partial charge in [0.25, 0.3) is 5.91 Å². The lowest BCUT2D eigenvalue weighted by atomic mass is 10.3. The van der Waals surface area contributed by atoms with Crippen LogP contribution in [0.2, 0.25) is 0 Å². The number of rotatable bonds is 8. The van der Waals surface area contributed by atoms with Crippen LogP contribution in [0.5, 0.6) is 5.75 Å². The van der Waals surface area contributed by atoms with E-state index >= 15 is 0 Å². The van der Waals surface area contributed by atoms with Crippen molar-refractivity contribution in [2.75, 3.05) is 18.6 Å². The number of alkyl halides is 1. The number of aliphatic carboxylic acids is 1. The van der Waals surface area contributed by atoms with Crippen LogP contribution in [0.3, 0.4) is 0 Å². The minimum atomic E-state index is -1.59. The smallest absolute Gasteiger partial charge is 0.328 e. The summed E-state index contributed by atoms with van der Waals surface area (Å²) in [5.41, 5.74) is 0.548. The number of nitrogens with one attached hydrogen (secondary N) is 2. The minimum Gasteiger partial charge on any atom is -0.484 e. The Kier molecular flexibility index (Phi) is 5.51. The molecule has 0 radical (unpaired) electrons. The van der Waals surface area contributed by atoms with Crippen LogP contribution in [-0.4, -0.2) is 42.2 Å². The van der Waals surface area contributed by atoms with Crippen molar-refractivity contribution < 1.29 is 28.6 Å². The molecule has 2 amide bonds. The number of hydrogen-bond acceptors (Lipinski definition) is 4. The maximum atomic E-state index is 12.4. The Morgan fingerprint density at radius 3 is 2.70 bits per heavy atom. The third-order valence-electron chi connectivity index (χ3n) is 3.21. The summed E-state index contributed by atoms with van der Waals surface area (Å²) in [5, 5.41) is 13.4. The van der Waals surface area contributed by atoms with Gasteiger partial charge in [0.15, 0.2) is 12.6 Å². The van der Waals surface area contributed by atoms with Crippen molar-refractivity contribution in [2.45, 2.75) is 18.9 Å². The molecule has 0 aliphatic heterocycles. The molecule has 0 aromatic heterocycles. The van der Waals surface area contributed by atoms with Crippen LogP contribution in [-0.2, 0) is 14.4 Å². The fraction of sp³-hybridized carbons (Fsp3) is 0.400. The van der Waals surface area contributed by atoms with Crippen LogP contribution in [0.15, 0.2) is 24.3 Å². The second kappa shape index (κ2) is 7.57. The Balaban J connectivity index is 1.84. The molecule has 1 aliphatic rings. The molecule has 0 spiro atoms. The summed E-state index contributed by atoms with van der Waals surface area (Å²) in [6.45, 7) is -1.66. The molecule has 124 valence electrons. The number of carboxylic acids is 1. The summed E-state index contributed by atoms with van der Waals surface area (Å²) in [7, 11) is 0. The lowest BCUT2D eigenvalue weighted by molar-refractivity contribution is -0.142. The van der Waals surface area contributed by atoms with Gasteiger partial charge >= 0.3 is 5.97 Å². The number of anilines is 1. The van der Waals surface area contributed by atoms with E-state index in [-0.39, 0.29) is 11.8 Å². The molecule has 1 aromatic carbocycles. The maximum absolute atomic E-state index is 12.4. The molecule has 1 atom stereocenters. The molecule has 1 fully saturated rings. The van der Waals surface area contributed by atoms with Gasteiger partial charge in [-0.2, -0.15) is 0 Å². The fourth-order valence-corrected chi connectivity index (χ4v) is 1.80. The first kappa shape index (κ1) is 16.7. The standard InChI is InChI=1S/C15H17FN2O5/c16-7-12(15(21)22)18-13(19)8-23-11-3-1-2-10(6-11)17-14(20)9-4-5-9/h1-3,6,9,12H,4-5,7-8H2,(H,17,20)(H,18,19)(H,21,22). The van der Waals surface area contributed by atoms with Gasteiger partial charge in [0.05, 0.1) is 0 Å². The van der Waals surface area contributed by atoms with Gasteiger partial charge in [-0.3, -0.25) is 9.59 Å². The van der Waals surface area contributed by atoms with Gasteiger partial charge in [-0.1, -0.05) is 6.07 Å². The first-order chi connectivity index (χ1) is 11.0. The van der Waals surface area contributed by atoms with Crippen LogP contribution in [0.1, 0.15) is 12.8 Å². The second-order valence-electron chi connectivity index (χ2n) is 5.19.